The normalized spacial score (nSPS) is 21.2. The van der Waals surface area contributed by atoms with Gasteiger partial charge in [-0.15, -0.1) is 34.7 Å². The van der Waals surface area contributed by atoms with Crippen molar-refractivity contribution in [3.63, 3.8) is 0 Å². The Morgan fingerprint density at radius 1 is 1.42 bits per heavy atom. The van der Waals surface area contributed by atoms with Gasteiger partial charge in [-0.05, 0) is 12.8 Å². The van der Waals surface area contributed by atoms with Crippen molar-refractivity contribution in [1.82, 2.24) is 10.3 Å². The Labute approximate surface area is 150 Å². The van der Waals surface area contributed by atoms with Crippen LogP contribution in [-0.2, 0) is 20.9 Å². The lowest BCUT2D eigenvalue weighted by atomic mass is 10.2. The summed E-state index contributed by atoms with van der Waals surface area (Å²) in [5.74, 6) is -1.16. The molecule has 24 heavy (non-hydrogen) atoms. The van der Waals surface area contributed by atoms with Crippen molar-refractivity contribution in [3.05, 3.63) is 16.1 Å². The third kappa shape index (κ3) is 3.96. The van der Waals surface area contributed by atoms with Crippen LogP contribution in [0.5, 0.6) is 0 Å². The molecule has 1 aromatic heterocycles. The highest BCUT2D eigenvalue weighted by molar-refractivity contribution is 8.14. The number of halogens is 1. The van der Waals surface area contributed by atoms with E-state index in [4.69, 9.17) is 16.7 Å². The van der Waals surface area contributed by atoms with Crippen molar-refractivity contribution < 1.29 is 19.5 Å². The predicted octanol–water partition coefficient (Wildman–Crippen LogP) is 1.44. The van der Waals surface area contributed by atoms with Crippen LogP contribution in [0, 0.1) is 0 Å². The standard InChI is InChI=1S/C14H14ClN3O4S2/c15-14(1-2-14)9(19)3-10(20)16-4-11-17-7(5-23-11)12-18-8(6-24-12)13(21)22/h5,8H,1-4,6H2,(H,16,20)(H,21,22). The molecule has 0 spiro atoms. The van der Waals surface area contributed by atoms with E-state index >= 15 is 0 Å². The van der Waals surface area contributed by atoms with Crippen molar-refractivity contribution in [2.75, 3.05) is 5.75 Å². The Morgan fingerprint density at radius 3 is 2.79 bits per heavy atom. The summed E-state index contributed by atoms with van der Waals surface area (Å²) >= 11 is 8.67. The summed E-state index contributed by atoms with van der Waals surface area (Å²) in [6, 6.07) is -0.730. The number of aliphatic imine (C=N–C) groups is 1. The van der Waals surface area contributed by atoms with Gasteiger partial charge in [0.25, 0.3) is 0 Å². The van der Waals surface area contributed by atoms with Crippen LogP contribution in [0.15, 0.2) is 10.4 Å². The number of carbonyl (C=O) groups is 3. The van der Waals surface area contributed by atoms with Crippen molar-refractivity contribution >= 4 is 57.4 Å². The van der Waals surface area contributed by atoms with Gasteiger partial charge in [0.1, 0.15) is 20.6 Å². The van der Waals surface area contributed by atoms with E-state index in [9.17, 15) is 14.4 Å². The molecule has 3 rings (SSSR count). The highest BCUT2D eigenvalue weighted by Gasteiger charge is 2.47. The quantitative estimate of drug-likeness (QED) is 0.541. The van der Waals surface area contributed by atoms with Crippen LogP contribution >= 0.6 is 34.7 Å². The smallest absolute Gasteiger partial charge is 0.329 e. The monoisotopic (exact) mass is 387 g/mol. The average molecular weight is 388 g/mol. The fourth-order valence-corrected chi connectivity index (χ4v) is 4.00. The summed E-state index contributed by atoms with van der Waals surface area (Å²) in [4.78, 5) is 42.1. The summed E-state index contributed by atoms with van der Waals surface area (Å²) in [5.41, 5.74) is 0.617. The zero-order chi connectivity index (χ0) is 17.3. The molecule has 1 fully saturated rings. The lowest BCUT2D eigenvalue weighted by Gasteiger charge is -2.05. The van der Waals surface area contributed by atoms with Gasteiger partial charge in [-0.1, -0.05) is 0 Å². The second kappa shape index (κ2) is 6.81. The molecule has 1 aromatic rings. The molecular formula is C14H14ClN3O4S2. The number of carboxylic acids is 1. The molecule has 1 unspecified atom stereocenters. The van der Waals surface area contributed by atoms with E-state index in [1.807, 2.05) is 0 Å². The minimum Gasteiger partial charge on any atom is -0.480 e. The van der Waals surface area contributed by atoms with E-state index in [-0.39, 0.29) is 24.7 Å². The summed E-state index contributed by atoms with van der Waals surface area (Å²) < 4.78 is 0. The second-order valence-corrected chi connectivity index (χ2v) is 8.24. The number of thiazole rings is 1. The molecule has 0 saturated heterocycles. The van der Waals surface area contributed by atoms with Crippen molar-refractivity contribution in [2.45, 2.75) is 36.7 Å². The van der Waals surface area contributed by atoms with E-state index in [2.05, 4.69) is 15.3 Å². The Kier molecular flexibility index (Phi) is 4.93. The first-order valence-electron chi connectivity index (χ1n) is 7.24. The molecule has 7 nitrogen and oxygen atoms in total. The molecule has 1 amide bonds. The van der Waals surface area contributed by atoms with Gasteiger partial charge in [-0.3, -0.25) is 14.6 Å². The van der Waals surface area contributed by atoms with Crippen LogP contribution in [-0.4, -0.2) is 49.5 Å². The topological polar surface area (TPSA) is 109 Å². The number of nitrogens with zero attached hydrogens (tertiary/aromatic N) is 2. The van der Waals surface area contributed by atoms with E-state index in [0.717, 1.165) is 0 Å². The van der Waals surface area contributed by atoms with Crippen LogP contribution in [0.3, 0.4) is 0 Å². The molecule has 0 radical (unpaired) electrons. The SMILES string of the molecule is O=C(CC(=O)C1(Cl)CC1)NCc1nc(C2=NC(C(=O)O)CS2)cs1. The number of aromatic nitrogens is 1. The molecule has 2 aliphatic rings. The molecule has 1 saturated carbocycles. The first-order chi connectivity index (χ1) is 11.4. The maximum atomic E-state index is 11.8. The Bertz CT molecular complexity index is 729. The largest absolute Gasteiger partial charge is 0.480 e. The lowest BCUT2D eigenvalue weighted by Crippen LogP contribution is -2.28. The molecule has 1 atom stereocenters. The van der Waals surface area contributed by atoms with Gasteiger partial charge >= 0.3 is 5.97 Å². The third-order valence-corrected chi connectivity index (χ3v) is 6.16. The fourth-order valence-electron chi connectivity index (χ4n) is 2.06. The number of hydrogen-bond acceptors (Lipinski definition) is 7. The van der Waals surface area contributed by atoms with Crippen LogP contribution in [0.4, 0.5) is 0 Å². The van der Waals surface area contributed by atoms with Crippen molar-refractivity contribution in [2.24, 2.45) is 4.99 Å². The van der Waals surface area contributed by atoms with Gasteiger partial charge < -0.3 is 10.4 Å². The maximum absolute atomic E-state index is 11.8. The van der Waals surface area contributed by atoms with Gasteiger partial charge in [0.05, 0.1) is 13.0 Å². The van der Waals surface area contributed by atoms with E-state index in [1.54, 1.807) is 5.38 Å². The van der Waals surface area contributed by atoms with Crippen LogP contribution in [0.2, 0.25) is 0 Å². The number of aliphatic carboxylic acids is 1. The third-order valence-electron chi connectivity index (χ3n) is 3.65. The number of rotatable bonds is 7. The number of amides is 1. The summed E-state index contributed by atoms with van der Waals surface area (Å²) in [7, 11) is 0. The first-order valence-corrected chi connectivity index (χ1v) is 9.49. The van der Waals surface area contributed by atoms with Gasteiger partial charge in [0, 0.05) is 11.1 Å². The highest BCUT2D eigenvalue weighted by atomic mass is 35.5. The number of hydrogen-bond donors (Lipinski definition) is 2. The first kappa shape index (κ1) is 17.4. The highest BCUT2D eigenvalue weighted by Crippen LogP contribution is 2.43. The summed E-state index contributed by atoms with van der Waals surface area (Å²) in [6.07, 6.45) is 1.05. The number of carboxylic acid groups (broad SMARTS) is 1. The zero-order valence-corrected chi connectivity index (χ0v) is 14.8. The summed E-state index contributed by atoms with van der Waals surface area (Å²) in [6.45, 7) is 0.215. The molecule has 128 valence electrons. The van der Waals surface area contributed by atoms with Gasteiger partial charge in [-0.2, -0.15) is 0 Å². The van der Waals surface area contributed by atoms with Gasteiger partial charge in [0.2, 0.25) is 5.91 Å². The summed E-state index contributed by atoms with van der Waals surface area (Å²) in [5, 5.41) is 14.6. The van der Waals surface area contributed by atoms with Gasteiger partial charge in [-0.25, -0.2) is 9.78 Å². The lowest BCUT2D eigenvalue weighted by molar-refractivity contribution is -0.137. The Morgan fingerprint density at radius 2 is 2.17 bits per heavy atom. The molecule has 2 heterocycles. The van der Waals surface area contributed by atoms with Crippen molar-refractivity contribution in [3.8, 4) is 0 Å². The van der Waals surface area contributed by atoms with E-state index in [1.165, 1.54) is 23.1 Å². The predicted molar refractivity (Wildman–Crippen MR) is 91.8 cm³/mol. The van der Waals surface area contributed by atoms with Crippen LogP contribution in [0.25, 0.3) is 0 Å². The molecule has 0 aromatic carbocycles. The number of Topliss-reactive ketones (excluding diaryl/α,β-unsaturated/α-hetero) is 1. The fraction of sp³-hybridized carbons (Fsp3) is 0.500. The van der Waals surface area contributed by atoms with E-state index in [0.29, 0.717) is 34.3 Å². The average Bonchev–Trinajstić information content (AvgIpc) is 2.96. The van der Waals surface area contributed by atoms with Crippen LogP contribution in [0.1, 0.15) is 30.0 Å². The number of nitrogens with one attached hydrogen (secondary N) is 1. The Balaban J connectivity index is 1.51. The number of ketones is 1. The Hall–Kier alpha value is -1.45. The van der Waals surface area contributed by atoms with Crippen molar-refractivity contribution in [1.29, 1.82) is 0 Å². The molecular weight excluding hydrogens is 374 g/mol. The molecule has 0 bridgehead atoms. The second-order valence-electron chi connectivity index (χ2n) is 5.57. The minimum absolute atomic E-state index is 0.215. The maximum Gasteiger partial charge on any atom is 0.329 e. The molecule has 1 aliphatic heterocycles. The van der Waals surface area contributed by atoms with E-state index < -0.39 is 16.9 Å². The number of thioether (sulfide) groups is 1. The zero-order valence-electron chi connectivity index (χ0n) is 12.5. The molecule has 1 aliphatic carbocycles. The number of carbonyl (C=O) groups excluding carboxylic acids is 2. The number of alkyl halides is 1. The minimum atomic E-state index is -0.947. The molecule has 2 N–H and O–H groups in total. The van der Waals surface area contributed by atoms with Gasteiger partial charge in [0.15, 0.2) is 11.8 Å². The molecule has 10 heteroatoms. The van der Waals surface area contributed by atoms with Crippen LogP contribution < -0.4 is 5.32 Å².